The molecule has 0 amide bonds. The Labute approximate surface area is 160 Å². The van der Waals surface area contributed by atoms with Gasteiger partial charge in [0.25, 0.3) is 0 Å². The van der Waals surface area contributed by atoms with Gasteiger partial charge in [-0.2, -0.15) is 5.26 Å². The highest BCUT2D eigenvalue weighted by Gasteiger charge is 2.13. The van der Waals surface area contributed by atoms with Crippen LogP contribution in [0.15, 0.2) is 40.9 Å². The lowest BCUT2D eigenvalue weighted by Gasteiger charge is -2.13. The molecule has 0 aliphatic rings. The van der Waals surface area contributed by atoms with E-state index in [1.54, 1.807) is 6.08 Å². The van der Waals surface area contributed by atoms with E-state index in [2.05, 4.69) is 32.0 Å². The van der Waals surface area contributed by atoms with Crippen LogP contribution in [-0.4, -0.2) is 23.2 Å². The number of H-pyrrole nitrogens is 1. The van der Waals surface area contributed by atoms with Crippen LogP contribution in [0.25, 0.3) is 22.7 Å². The summed E-state index contributed by atoms with van der Waals surface area (Å²) in [5.41, 5.74) is 2.98. The topological polar surface area (TPSA) is 70.9 Å². The second-order valence-corrected chi connectivity index (χ2v) is 6.32. The molecule has 1 heterocycles. The maximum absolute atomic E-state index is 9.60. The smallest absolute Gasteiger partial charge is 0.175 e. The molecule has 0 spiro atoms. The molecule has 0 radical (unpaired) electrons. The summed E-state index contributed by atoms with van der Waals surface area (Å²) in [7, 11) is 0. The van der Waals surface area contributed by atoms with Crippen molar-refractivity contribution in [2.24, 2.45) is 0 Å². The van der Waals surface area contributed by atoms with Crippen molar-refractivity contribution in [3.8, 4) is 17.6 Å². The minimum atomic E-state index is 0.444. The van der Waals surface area contributed by atoms with Gasteiger partial charge in [0.15, 0.2) is 11.5 Å². The number of nitrogens with one attached hydrogen (secondary N) is 1. The monoisotopic (exact) mass is 411 g/mol. The summed E-state index contributed by atoms with van der Waals surface area (Å²) in [6.45, 7) is 4.90. The predicted molar refractivity (Wildman–Crippen MR) is 106 cm³/mol. The highest BCUT2D eigenvalue weighted by atomic mass is 79.9. The van der Waals surface area contributed by atoms with Gasteiger partial charge in [-0.3, -0.25) is 0 Å². The van der Waals surface area contributed by atoms with E-state index in [9.17, 15) is 5.26 Å². The first-order valence-electron chi connectivity index (χ1n) is 8.32. The molecule has 2 aromatic carbocycles. The summed E-state index contributed by atoms with van der Waals surface area (Å²) in [6.07, 6.45) is 1.78. The Morgan fingerprint density at radius 2 is 2.00 bits per heavy atom. The van der Waals surface area contributed by atoms with Gasteiger partial charge in [-0.1, -0.05) is 12.1 Å². The van der Waals surface area contributed by atoms with E-state index < -0.39 is 0 Å². The van der Waals surface area contributed by atoms with Crippen LogP contribution in [0.4, 0.5) is 0 Å². The quantitative estimate of drug-likeness (QED) is 0.566. The molecule has 1 aromatic heterocycles. The molecule has 6 heteroatoms. The zero-order valence-electron chi connectivity index (χ0n) is 14.5. The maximum Gasteiger partial charge on any atom is 0.175 e. The number of hydrogen-bond donors (Lipinski definition) is 1. The van der Waals surface area contributed by atoms with Crippen molar-refractivity contribution in [3.63, 3.8) is 0 Å². The largest absolute Gasteiger partial charge is 0.490 e. The lowest BCUT2D eigenvalue weighted by atomic mass is 10.1. The Balaban J connectivity index is 2.05. The van der Waals surface area contributed by atoms with Crippen LogP contribution in [0, 0.1) is 11.3 Å². The second kappa shape index (κ2) is 8.07. The molecule has 0 saturated carbocycles. The Morgan fingerprint density at radius 1 is 1.23 bits per heavy atom. The first-order valence-corrected chi connectivity index (χ1v) is 9.11. The lowest BCUT2D eigenvalue weighted by molar-refractivity contribution is 0.286. The average Bonchev–Trinajstić information content (AvgIpc) is 3.06. The molecule has 132 valence electrons. The molecule has 0 saturated heterocycles. The number of nitrogens with zero attached hydrogens (tertiary/aromatic N) is 2. The fourth-order valence-corrected chi connectivity index (χ4v) is 3.19. The van der Waals surface area contributed by atoms with Crippen molar-refractivity contribution in [1.82, 2.24) is 9.97 Å². The predicted octanol–water partition coefficient (Wildman–Crippen LogP) is 5.19. The number of benzene rings is 2. The number of fused-ring (bicyclic) bond motifs is 1. The SMILES string of the molecule is CCOc1cc(/C=C(\C#N)c2nc3ccccc3[nH]2)cc(Br)c1OCC. The standard InChI is InChI=1S/C20H18BrN3O2/c1-3-25-18-11-13(10-15(21)19(18)26-4-2)9-14(12-22)20-23-16-7-5-6-8-17(16)24-20/h5-11H,3-4H2,1-2H3,(H,23,24)/b14-9+. The fraction of sp³-hybridized carbons (Fsp3) is 0.200. The summed E-state index contributed by atoms with van der Waals surface area (Å²) in [4.78, 5) is 7.68. The number of rotatable bonds is 6. The minimum Gasteiger partial charge on any atom is -0.490 e. The molecule has 0 aliphatic carbocycles. The van der Waals surface area contributed by atoms with Gasteiger partial charge in [0.05, 0.1) is 34.3 Å². The van der Waals surface area contributed by atoms with E-state index in [1.807, 2.05) is 50.2 Å². The molecular weight excluding hydrogens is 394 g/mol. The van der Waals surface area contributed by atoms with Crippen molar-refractivity contribution >= 4 is 38.6 Å². The highest BCUT2D eigenvalue weighted by molar-refractivity contribution is 9.10. The number of para-hydroxylation sites is 2. The number of imidazole rings is 1. The minimum absolute atomic E-state index is 0.444. The van der Waals surface area contributed by atoms with E-state index in [4.69, 9.17) is 9.47 Å². The van der Waals surface area contributed by atoms with E-state index >= 15 is 0 Å². The van der Waals surface area contributed by atoms with E-state index in [1.165, 1.54) is 0 Å². The summed E-state index contributed by atoms with van der Waals surface area (Å²) in [5.74, 6) is 1.84. The van der Waals surface area contributed by atoms with Crippen LogP contribution < -0.4 is 9.47 Å². The van der Waals surface area contributed by atoms with Gasteiger partial charge in [0, 0.05) is 0 Å². The Hall–Kier alpha value is -2.78. The van der Waals surface area contributed by atoms with Crippen molar-refractivity contribution < 1.29 is 9.47 Å². The molecule has 26 heavy (non-hydrogen) atoms. The molecule has 5 nitrogen and oxygen atoms in total. The Morgan fingerprint density at radius 3 is 2.69 bits per heavy atom. The van der Waals surface area contributed by atoms with Gasteiger partial charge in [0.1, 0.15) is 11.9 Å². The van der Waals surface area contributed by atoms with Gasteiger partial charge in [-0.25, -0.2) is 4.98 Å². The summed E-state index contributed by atoms with van der Waals surface area (Å²) < 4.78 is 12.1. The van der Waals surface area contributed by atoms with Gasteiger partial charge in [0.2, 0.25) is 0 Å². The summed E-state index contributed by atoms with van der Waals surface area (Å²) in [6, 6.07) is 13.7. The van der Waals surface area contributed by atoms with Gasteiger partial charge in [-0.05, 0) is 65.7 Å². The number of halogens is 1. The maximum atomic E-state index is 9.60. The number of hydrogen-bond acceptors (Lipinski definition) is 4. The third-order valence-electron chi connectivity index (χ3n) is 3.70. The molecule has 0 bridgehead atoms. The first kappa shape index (κ1) is 18.0. The molecule has 0 unspecified atom stereocenters. The number of allylic oxidation sites excluding steroid dienone is 1. The van der Waals surface area contributed by atoms with E-state index in [0.29, 0.717) is 36.1 Å². The van der Waals surface area contributed by atoms with Crippen LogP contribution in [0.2, 0.25) is 0 Å². The van der Waals surface area contributed by atoms with Crippen LogP contribution in [0.1, 0.15) is 25.2 Å². The second-order valence-electron chi connectivity index (χ2n) is 5.47. The van der Waals surface area contributed by atoms with Gasteiger partial charge >= 0.3 is 0 Å². The number of aromatic amines is 1. The van der Waals surface area contributed by atoms with Crippen LogP contribution in [0.5, 0.6) is 11.5 Å². The van der Waals surface area contributed by atoms with E-state index in [0.717, 1.165) is 21.1 Å². The molecule has 0 aliphatic heterocycles. The summed E-state index contributed by atoms with van der Waals surface area (Å²) in [5, 5.41) is 9.60. The lowest BCUT2D eigenvalue weighted by Crippen LogP contribution is -1.99. The molecular formula is C20H18BrN3O2. The molecule has 3 aromatic rings. The average molecular weight is 412 g/mol. The summed E-state index contributed by atoms with van der Waals surface area (Å²) >= 11 is 3.52. The molecule has 3 rings (SSSR count). The van der Waals surface area contributed by atoms with Crippen molar-refractivity contribution in [2.45, 2.75) is 13.8 Å². The third kappa shape index (κ3) is 3.73. The van der Waals surface area contributed by atoms with Crippen molar-refractivity contribution in [2.75, 3.05) is 13.2 Å². The van der Waals surface area contributed by atoms with Gasteiger partial charge < -0.3 is 14.5 Å². The van der Waals surface area contributed by atoms with Crippen LogP contribution in [0.3, 0.4) is 0 Å². The van der Waals surface area contributed by atoms with Crippen LogP contribution in [-0.2, 0) is 0 Å². The Bertz CT molecular complexity index is 969. The van der Waals surface area contributed by atoms with E-state index in [-0.39, 0.29) is 0 Å². The third-order valence-corrected chi connectivity index (χ3v) is 4.29. The van der Waals surface area contributed by atoms with Crippen molar-refractivity contribution in [3.05, 3.63) is 52.3 Å². The number of ether oxygens (including phenoxy) is 2. The normalized spacial score (nSPS) is 11.4. The molecule has 0 fully saturated rings. The van der Waals surface area contributed by atoms with Gasteiger partial charge in [-0.15, -0.1) is 0 Å². The number of nitriles is 1. The van der Waals surface area contributed by atoms with Crippen LogP contribution >= 0.6 is 15.9 Å². The zero-order chi connectivity index (χ0) is 18.5. The molecule has 1 N–H and O–H groups in total. The molecule has 0 atom stereocenters. The number of aromatic nitrogens is 2. The zero-order valence-corrected chi connectivity index (χ0v) is 16.1. The highest BCUT2D eigenvalue weighted by Crippen LogP contribution is 2.37. The Kier molecular flexibility index (Phi) is 5.59. The fourth-order valence-electron chi connectivity index (χ4n) is 2.62. The first-order chi connectivity index (χ1) is 12.7. The van der Waals surface area contributed by atoms with Crippen molar-refractivity contribution in [1.29, 1.82) is 5.26 Å².